The minimum Gasteiger partial charge on any atom is -0.378 e. The Morgan fingerprint density at radius 2 is 1.76 bits per heavy atom. The number of piperidine rings is 1. The molecule has 2 aromatic heterocycles. The zero-order valence-corrected chi connectivity index (χ0v) is 12.0. The predicted octanol–water partition coefficient (Wildman–Crippen LogP) is 1.44. The van der Waals surface area contributed by atoms with Gasteiger partial charge < -0.3 is 19.1 Å². The van der Waals surface area contributed by atoms with Gasteiger partial charge in [-0.05, 0) is 19.3 Å². The van der Waals surface area contributed by atoms with Crippen molar-refractivity contribution in [1.29, 1.82) is 0 Å². The second-order valence-electron chi connectivity index (χ2n) is 5.54. The third-order valence-corrected chi connectivity index (χ3v) is 4.13. The molecule has 7 heteroatoms. The van der Waals surface area contributed by atoms with Gasteiger partial charge in [-0.3, -0.25) is 0 Å². The maximum Gasteiger partial charge on any atom is 0.226 e. The van der Waals surface area contributed by atoms with Gasteiger partial charge in [0.15, 0.2) is 11.3 Å². The van der Waals surface area contributed by atoms with E-state index in [1.54, 1.807) is 6.20 Å². The van der Waals surface area contributed by atoms with Crippen molar-refractivity contribution in [2.24, 2.45) is 0 Å². The number of fused-ring (bicyclic) bond motifs is 1. The molecule has 0 unspecified atom stereocenters. The lowest BCUT2D eigenvalue weighted by molar-refractivity contribution is 0.122. The molecule has 0 bridgehead atoms. The van der Waals surface area contributed by atoms with Crippen LogP contribution in [0.1, 0.15) is 19.3 Å². The van der Waals surface area contributed by atoms with Crippen LogP contribution in [0, 0.1) is 0 Å². The van der Waals surface area contributed by atoms with Crippen LogP contribution in [0.5, 0.6) is 0 Å². The van der Waals surface area contributed by atoms with Gasteiger partial charge in [0, 0.05) is 26.2 Å². The Kier molecular flexibility index (Phi) is 3.34. The molecule has 2 saturated heterocycles. The number of rotatable bonds is 2. The summed E-state index contributed by atoms with van der Waals surface area (Å²) in [7, 11) is 0. The average molecular weight is 289 g/mol. The van der Waals surface area contributed by atoms with Gasteiger partial charge in [-0.15, -0.1) is 0 Å². The Balaban J connectivity index is 1.68. The third kappa shape index (κ3) is 2.42. The molecule has 2 fully saturated rings. The fourth-order valence-electron chi connectivity index (χ4n) is 2.95. The average Bonchev–Trinajstić information content (AvgIpc) is 2.99. The monoisotopic (exact) mass is 289 g/mol. The van der Waals surface area contributed by atoms with Crippen LogP contribution in [0.2, 0.25) is 0 Å². The molecular formula is C14H19N5O2. The summed E-state index contributed by atoms with van der Waals surface area (Å²) in [4.78, 5) is 13.6. The topological polar surface area (TPSA) is 67.5 Å². The van der Waals surface area contributed by atoms with Crippen molar-refractivity contribution in [3.8, 4) is 0 Å². The summed E-state index contributed by atoms with van der Waals surface area (Å²) < 4.78 is 10.8. The summed E-state index contributed by atoms with van der Waals surface area (Å²) in [6.45, 7) is 5.15. The van der Waals surface area contributed by atoms with E-state index >= 15 is 0 Å². The number of anilines is 2. The highest BCUT2D eigenvalue weighted by Crippen LogP contribution is 2.26. The zero-order chi connectivity index (χ0) is 14.1. The lowest BCUT2D eigenvalue weighted by Gasteiger charge is -2.27. The fraction of sp³-hybridized carbons (Fsp3) is 0.643. The van der Waals surface area contributed by atoms with Crippen molar-refractivity contribution in [2.45, 2.75) is 19.3 Å². The molecule has 0 spiro atoms. The molecule has 0 aromatic carbocycles. The number of ether oxygens (including phenoxy) is 1. The van der Waals surface area contributed by atoms with Gasteiger partial charge >= 0.3 is 0 Å². The molecule has 0 amide bonds. The van der Waals surface area contributed by atoms with Crippen molar-refractivity contribution in [1.82, 2.24) is 15.1 Å². The second kappa shape index (κ2) is 5.48. The maximum atomic E-state index is 5.39. The highest BCUT2D eigenvalue weighted by Gasteiger charge is 2.21. The van der Waals surface area contributed by atoms with Gasteiger partial charge in [0.2, 0.25) is 11.5 Å². The number of morpholine rings is 1. The van der Waals surface area contributed by atoms with E-state index < -0.39 is 0 Å². The zero-order valence-electron chi connectivity index (χ0n) is 12.0. The van der Waals surface area contributed by atoms with E-state index in [9.17, 15) is 0 Å². The van der Waals surface area contributed by atoms with Gasteiger partial charge in [0.1, 0.15) is 0 Å². The number of hydrogen-bond acceptors (Lipinski definition) is 7. The molecule has 2 aliphatic heterocycles. The summed E-state index contributed by atoms with van der Waals surface area (Å²) in [5, 5.41) is 4.18. The van der Waals surface area contributed by atoms with Crippen molar-refractivity contribution in [3.05, 3.63) is 6.20 Å². The van der Waals surface area contributed by atoms with Gasteiger partial charge in [0.05, 0.1) is 19.4 Å². The van der Waals surface area contributed by atoms with Crippen molar-refractivity contribution in [2.75, 3.05) is 49.2 Å². The van der Waals surface area contributed by atoms with Crippen LogP contribution in [0.25, 0.3) is 11.1 Å². The van der Waals surface area contributed by atoms with Gasteiger partial charge in [-0.1, -0.05) is 5.16 Å². The van der Waals surface area contributed by atoms with E-state index in [2.05, 4.69) is 19.9 Å². The first kappa shape index (κ1) is 12.8. The molecular weight excluding hydrogens is 270 g/mol. The van der Waals surface area contributed by atoms with Crippen molar-refractivity contribution in [3.63, 3.8) is 0 Å². The molecule has 21 heavy (non-hydrogen) atoms. The molecule has 7 nitrogen and oxygen atoms in total. The first-order valence-corrected chi connectivity index (χ1v) is 7.62. The van der Waals surface area contributed by atoms with Crippen molar-refractivity contribution >= 4 is 22.9 Å². The SMILES string of the molecule is c1nc(N2CCCCC2)nc2c(N3CCOCC3)noc12. The van der Waals surface area contributed by atoms with Crippen LogP contribution >= 0.6 is 0 Å². The third-order valence-electron chi connectivity index (χ3n) is 4.13. The number of hydrogen-bond donors (Lipinski definition) is 0. The van der Waals surface area contributed by atoms with Crippen molar-refractivity contribution < 1.29 is 9.26 Å². The summed E-state index contributed by atoms with van der Waals surface area (Å²) in [6, 6.07) is 0. The standard InChI is InChI=1S/C14H19N5O2/c1-2-4-19(5-3-1)14-15-10-11-12(16-14)13(17-21-11)18-6-8-20-9-7-18/h10H,1-9H2. The molecule has 0 N–H and O–H groups in total. The molecule has 2 aliphatic rings. The normalized spacial score (nSPS) is 20.2. The summed E-state index contributed by atoms with van der Waals surface area (Å²) >= 11 is 0. The minimum absolute atomic E-state index is 0.650. The maximum absolute atomic E-state index is 5.39. The fourth-order valence-corrected chi connectivity index (χ4v) is 2.95. The van der Waals surface area contributed by atoms with Gasteiger partial charge in [-0.25, -0.2) is 9.97 Å². The van der Waals surface area contributed by atoms with Crippen LogP contribution in [0.3, 0.4) is 0 Å². The Morgan fingerprint density at radius 3 is 2.57 bits per heavy atom. The van der Waals surface area contributed by atoms with Crippen LogP contribution in [0.15, 0.2) is 10.7 Å². The highest BCUT2D eigenvalue weighted by atomic mass is 16.5. The molecule has 0 atom stereocenters. The van der Waals surface area contributed by atoms with E-state index in [1.165, 1.54) is 19.3 Å². The van der Waals surface area contributed by atoms with E-state index in [4.69, 9.17) is 14.2 Å². The first-order valence-electron chi connectivity index (χ1n) is 7.62. The largest absolute Gasteiger partial charge is 0.378 e. The van der Waals surface area contributed by atoms with E-state index in [0.717, 1.165) is 56.7 Å². The smallest absolute Gasteiger partial charge is 0.226 e. The summed E-state index contributed by atoms with van der Waals surface area (Å²) in [6.07, 6.45) is 5.46. The number of nitrogens with zero attached hydrogens (tertiary/aromatic N) is 5. The first-order chi connectivity index (χ1) is 10.4. The minimum atomic E-state index is 0.650. The predicted molar refractivity (Wildman–Crippen MR) is 78.7 cm³/mol. The Bertz CT molecular complexity index is 617. The molecule has 4 heterocycles. The van der Waals surface area contributed by atoms with E-state index in [-0.39, 0.29) is 0 Å². The quantitative estimate of drug-likeness (QED) is 0.828. The lowest BCUT2D eigenvalue weighted by Crippen LogP contribution is -2.36. The van der Waals surface area contributed by atoms with Crippen LogP contribution in [-0.4, -0.2) is 54.5 Å². The van der Waals surface area contributed by atoms with Crippen LogP contribution in [-0.2, 0) is 4.74 Å². The molecule has 0 saturated carbocycles. The Morgan fingerprint density at radius 1 is 0.952 bits per heavy atom. The Labute approximate surface area is 122 Å². The lowest BCUT2D eigenvalue weighted by atomic mass is 10.1. The van der Waals surface area contributed by atoms with Gasteiger partial charge in [0.25, 0.3) is 0 Å². The Hall–Kier alpha value is -1.89. The molecule has 112 valence electrons. The summed E-state index contributed by atoms with van der Waals surface area (Å²) in [5.74, 6) is 1.61. The van der Waals surface area contributed by atoms with Gasteiger partial charge in [-0.2, -0.15) is 0 Å². The molecule has 2 aromatic rings. The molecule has 0 aliphatic carbocycles. The van der Waals surface area contributed by atoms with E-state index in [0.29, 0.717) is 5.58 Å². The summed E-state index contributed by atoms with van der Waals surface area (Å²) in [5.41, 5.74) is 1.46. The van der Waals surface area contributed by atoms with Crippen LogP contribution < -0.4 is 9.80 Å². The van der Waals surface area contributed by atoms with E-state index in [1.807, 2.05) is 0 Å². The molecule has 0 radical (unpaired) electrons. The van der Waals surface area contributed by atoms with Crippen LogP contribution in [0.4, 0.5) is 11.8 Å². The second-order valence-corrected chi connectivity index (χ2v) is 5.54. The number of aromatic nitrogens is 3. The highest BCUT2D eigenvalue weighted by molar-refractivity contribution is 5.84. The molecule has 4 rings (SSSR count).